The smallest absolute Gasteiger partial charge is 0.338 e. The summed E-state index contributed by atoms with van der Waals surface area (Å²) in [6, 6.07) is 5.17. The summed E-state index contributed by atoms with van der Waals surface area (Å²) in [5.74, 6) is -0.428. The van der Waals surface area contributed by atoms with Gasteiger partial charge in [0.05, 0.1) is 18.2 Å². The van der Waals surface area contributed by atoms with Gasteiger partial charge < -0.3 is 20.3 Å². The Labute approximate surface area is 208 Å². The number of nitrogens with one attached hydrogen (secondary N) is 2. The van der Waals surface area contributed by atoms with Crippen LogP contribution < -0.4 is 10.6 Å². The van der Waals surface area contributed by atoms with Crippen molar-refractivity contribution >= 4 is 18.0 Å². The predicted molar refractivity (Wildman–Crippen MR) is 135 cm³/mol. The number of aryl methyl sites for hydroxylation is 2. The first-order valence-corrected chi connectivity index (χ1v) is 12.3. The maximum Gasteiger partial charge on any atom is 0.338 e. The van der Waals surface area contributed by atoms with Gasteiger partial charge in [-0.3, -0.25) is 9.80 Å². The fourth-order valence-electron chi connectivity index (χ4n) is 4.72. The number of hydrogen-bond acceptors (Lipinski definition) is 5. The number of rotatable bonds is 6. The van der Waals surface area contributed by atoms with Crippen LogP contribution in [0.15, 0.2) is 29.5 Å². The van der Waals surface area contributed by atoms with E-state index in [1.165, 1.54) is 4.90 Å². The summed E-state index contributed by atoms with van der Waals surface area (Å²) in [6.07, 6.45) is 0. The Morgan fingerprint density at radius 1 is 1.23 bits per heavy atom. The van der Waals surface area contributed by atoms with Crippen LogP contribution in [-0.2, 0) is 9.53 Å². The molecule has 1 aromatic carbocycles. The number of piperazine rings is 1. The van der Waals surface area contributed by atoms with E-state index in [4.69, 9.17) is 4.74 Å². The molecule has 4 amide bonds. The van der Waals surface area contributed by atoms with E-state index in [1.807, 2.05) is 57.7 Å². The van der Waals surface area contributed by atoms with E-state index in [0.29, 0.717) is 37.4 Å². The third kappa shape index (κ3) is 5.96. The highest BCUT2D eigenvalue weighted by Crippen LogP contribution is 2.33. The summed E-state index contributed by atoms with van der Waals surface area (Å²) < 4.78 is 5.46. The van der Waals surface area contributed by atoms with Gasteiger partial charge in [0.15, 0.2) is 0 Å². The van der Waals surface area contributed by atoms with Gasteiger partial charge in [-0.1, -0.05) is 23.8 Å². The van der Waals surface area contributed by atoms with Crippen LogP contribution in [0.5, 0.6) is 0 Å². The lowest BCUT2D eigenvalue weighted by atomic mass is 9.90. The van der Waals surface area contributed by atoms with Crippen LogP contribution in [-0.4, -0.2) is 84.6 Å². The van der Waals surface area contributed by atoms with Crippen molar-refractivity contribution in [1.82, 2.24) is 25.3 Å². The highest BCUT2D eigenvalue weighted by Gasteiger charge is 2.39. The number of hydrogen-bond donors (Lipinski definition) is 2. The van der Waals surface area contributed by atoms with E-state index < -0.39 is 12.0 Å². The van der Waals surface area contributed by atoms with Crippen molar-refractivity contribution in [3.05, 3.63) is 46.2 Å². The summed E-state index contributed by atoms with van der Waals surface area (Å²) in [5.41, 5.74) is 4.01. The number of benzene rings is 1. The Balaban J connectivity index is 1.94. The van der Waals surface area contributed by atoms with E-state index in [-0.39, 0.29) is 30.8 Å². The number of nitrogens with zero attached hydrogens (tertiary/aromatic N) is 3. The predicted octanol–water partition coefficient (Wildman–Crippen LogP) is 2.94. The van der Waals surface area contributed by atoms with E-state index in [9.17, 15) is 14.4 Å². The van der Waals surface area contributed by atoms with Crippen LogP contribution in [0.25, 0.3) is 0 Å². The van der Waals surface area contributed by atoms with E-state index >= 15 is 0 Å². The second kappa shape index (κ2) is 11.1. The average Bonchev–Trinajstić information content (AvgIpc) is 2.78. The van der Waals surface area contributed by atoms with Crippen molar-refractivity contribution in [1.29, 1.82) is 0 Å². The van der Waals surface area contributed by atoms with E-state index in [1.54, 1.807) is 14.0 Å². The van der Waals surface area contributed by atoms with Crippen molar-refractivity contribution in [2.24, 2.45) is 0 Å². The van der Waals surface area contributed by atoms with Crippen molar-refractivity contribution in [2.45, 2.75) is 59.7 Å². The third-order valence-corrected chi connectivity index (χ3v) is 6.58. The van der Waals surface area contributed by atoms with E-state index in [2.05, 4.69) is 15.5 Å². The fourth-order valence-corrected chi connectivity index (χ4v) is 4.72. The van der Waals surface area contributed by atoms with Gasteiger partial charge in [0, 0.05) is 51.0 Å². The fraction of sp³-hybridized carbons (Fsp3) is 0.577. The van der Waals surface area contributed by atoms with Gasteiger partial charge in [-0.2, -0.15) is 0 Å². The summed E-state index contributed by atoms with van der Waals surface area (Å²) in [5, 5.41) is 5.96. The minimum atomic E-state index is -0.594. The lowest BCUT2D eigenvalue weighted by Crippen LogP contribution is -2.58. The molecule has 0 saturated carbocycles. The molecular formula is C26H39N5O4. The highest BCUT2D eigenvalue weighted by atomic mass is 16.5. The molecule has 2 heterocycles. The summed E-state index contributed by atoms with van der Waals surface area (Å²) in [7, 11) is 1.68. The minimum absolute atomic E-state index is 0.00770. The van der Waals surface area contributed by atoms with E-state index in [0.717, 1.165) is 16.7 Å². The standard InChI is InChI=1S/C26H39N5O4/c1-8-35-24(32)22-21(15-30-11-12-31(19(6)14-30)26(34)27-16(2)3)29(7)25(33)28-23(22)20-13-17(4)9-10-18(20)5/h9-10,13,16,19,23H,8,11-12,14-15H2,1-7H3,(H,27,34)(H,28,33)/t19-,23-/m1/s1. The average molecular weight is 486 g/mol. The number of urea groups is 2. The van der Waals surface area contributed by atoms with Crippen LogP contribution in [0, 0.1) is 13.8 Å². The van der Waals surface area contributed by atoms with Crippen molar-refractivity contribution in [2.75, 3.05) is 39.8 Å². The second-order valence-electron chi connectivity index (χ2n) is 9.76. The van der Waals surface area contributed by atoms with Gasteiger partial charge in [0.25, 0.3) is 0 Å². The first kappa shape index (κ1) is 26.5. The molecule has 2 aliphatic heterocycles. The van der Waals surface area contributed by atoms with Crippen LogP contribution in [0.3, 0.4) is 0 Å². The molecule has 1 saturated heterocycles. The van der Waals surface area contributed by atoms with Crippen LogP contribution in [0.2, 0.25) is 0 Å². The molecule has 0 aromatic heterocycles. The zero-order valence-electron chi connectivity index (χ0n) is 22.0. The number of amides is 4. The zero-order valence-corrected chi connectivity index (χ0v) is 22.0. The van der Waals surface area contributed by atoms with Gasteiger partial charge in [-0.15, -0.1) is 0 Å². The maximum atomic E-state index is 13.3. The molecule has 0 bridgehead atoms. The Morgan fingerprint density at radius 3 is 2.57 bits per heavy atom. The normalized spacial score (nSPS) is 21.3. The summed E-state index contributed by atoms with van der Waals surface area (Å²) in [6.45, 7) is 14.1. The molecule has 1 fully saturated rings. The SMILES string of the molecule is CCOC(=O)C1=C(CN2CCN(C(=O)NC(C)C)[C@H](C)C2)N(C)C(=O)N[C@@H]1c1cc(C)ccc1C. The molecule has 2 N–H and O–H groups in total. The van der Waals surface area contributed by atoms with Gasteiger partial charge >= 0.3 is 18.0 Å². The third-order valence-electron chi connectivity index (χ3n) is 6.58. The number of esters is 1. The topological polar surface area (TPSA) is 94.2 Å². The molecule has 1 aromatic rings. The largest absolute Gasteiger partial charge is 0.463 e. The molecule has 3 rings (SSSR count). The van der Waals surface area contributed by atoms with Gasteiger partial charge in [0.2, 0.25) is 0 Å². The quantitative estimate of drug-likeness (QED) is 0.605. The Kier molecular flexibility index (Phi) is 8.43. The Hall–Kier alpha value is -3.07. The van der Waals surface area contributed by atoms with Crippen molar-refractivity contribution in [3.8, 4) is 0 Å². The molecular weight excluding hydrogens is 446 g/mol. The lowest BCUT2D eigenvalue weighted by molar-refractivity contribution is -0.139. The van der Waals surface area contributed by atoms with Gasteiger partial charge in [-0.25, -0.2) is 14.4 Å². The van der Waals surface area contributed by atoms with Crippen molar-refractivity contribution in [3.63, 3.8) is 0 Å². The van der Waals surface area contributed by atoms with Crippen molar-refractivity contribution < 1.29 is 19.1 Å². The van der Waals surface area contributed by atoms with Gasteiger partial charge in [0.1, 0.15) is 0 Å². The molecule has 0 spiro atoms. The molecule has 0 radical (unpaired) electrons. The Bertz CT molecular complexity index is 1010. The molecule has 35 heavy (non-hydrogen) atoms. The molecule has 9 heteroatoms. The first-order chi connectivity index (χ1) is 16.5. The number of carbonyl (C=O) groups excluding carboxylic acids is 3. The lowest BCUT2D eigenvalue weighted by Gasteiger charge is -2.42. The maximum absolute atomic E-state index is 13.3. The summed E-state index contributed by atoms with van der Waals surface area (Å²) in [4.78, 5) is 44.3. The Morgan fingerprint density at radius 2 is 1.94 bits per heavy atom. The highest BCUT2D eigenvalue weighted by molar-refractivity contribution is 5.95. The first-order valence-electron chi connectivity index (χ1n) is 12.3. The zero-order chi connectivity index (χ0) is 25.9. The number of ether oxygens (including phenoxy) is 1. The van der Waals surface area contributed by atoms with Crippen LogP contribution >= 0.6 is 0 Å². The number of carbonyl (C=O) groups is 3. The second-order valence-corrected chi connectivity index (χ2v) is 9.76. The van der Waals surface area contributed by atoms with Gasteiger partial charge in [-0.05, 0) is 52.7 Å². The number of likely N-dealkylation sites (N-methyl/N-ethyl adjacent to an activating group) is 1. The molecule has 2 aliphatic rings. The molecule has 2 atom stereocenters. The van der Waals surface area contributed by atoms with Crippen LogP contribution in [0.1, 0.15) is 50.4 Å². The van der Waals surface area contributed by atoms with Crippen LogP contribution in [0.4, 0.5) is 9.59 Å². The summed E-state index contributed by atoms with van der Waals surface area (Å²) >= 11 is 0. The minimum Gasteiger partial charge on any atom is -0.463 e. The monoisotopic (exact) mass is 485 g/mol. The molecule has 0 unspecified atom stereocenters. The molecule has 9 nitrogen and oxygen atoms in total. The molecule has 192 valence electrons. The molecule has 0 aliphatic carbocycles.